The summed E-state index contributed by atoms with van der Waals surface area (Å²) >= 11 is 2.14. The smallest absolute Gasteiger partial charge is 0.262 e. The van der Waals surface area contributed by atoms with Crippen LogP contribution >= 0.6 is 22.6 Å². The number of benzene rings is 2. The quantitative estimate of drug-likeness (QED) is 0.245. The Kier molecular flexibility index (Phi) is 8.56. The van der Waals surface area contributed by atoms with Crippen LogP contribution in [-0.4, -0.2) is 19.1 Å². The van der Waals surface area contributed by atoms with E-state index in [1.807, 2.05) is 49.4 Å². The van der Waals surface area contributed by atoms with Gasteiger partial charge in [0.1, 0.15) is 18.2 Å². The third kappa shape index (κ3) is 6.13. The Labute approximate surface area is 178 Å². The van der Waals surface area contributed by atoms with Gasteiger partial charge in [0.05, 0.1) is 10.2 Å². The standard InChI is InChI=1S/C22H21IN2O3/c1-3-10-28-21-19(23)12-17(13-20(21)27-4-2)11-18(14-24)22(26)25-15-16-8-6-5-7-9-16/h3,5-9,11-13H,1,4,10,15H2,2H3,(H,25,26)/b18-11+. The van der Waals surface area contributed by atoms with Gasteiger partial charge in [-0.25, -0.2) is 0 Å². The summed E-state index contributed by atoms with van der Waals surface area (Å²) in [6.07, 6.45) is 3.20. The number of rotatable bonds is 9. The van der Waals surface area contributed by atoms with Crippen LogP contribution in [0, 0.1) is 14.9 Å². The van der Waals surface area contributed by atoms with Gasteiger partial charge in [-0.2, -0.15) is 5.26 Å². The number of nitriles is 1. The van der Waals surface area contributed by atoms with Gasteiger partial charge < -0.3 is 14.8 Å². The highest BCUT2D eigenvalue weighted by atomic mass is 127. The summed E-state index contributed by atoms with van der Waals surface area (Å²) in [5.74, 6) is 0.752. The fourth-order valence-electron chi connectivity index (χ4n) is 2.41. The van der Waals surface area contributed by atoms with E-state index in [9.17, 15) is 10.1 Å². The van der Waals surface area contributed by atoms with Gasteiger partial charge in [0, 0.05) is 6.54 Å². The molecule has 0 radical (unpaired) electrons. The second kappa shape index (κ2) is 11.1. The third-order valence-corrected chi connectivity index (χ3v) is 4.45. The van der Waals surface area contributed by atoms with Crippen molar-refractivity contribution in [2.75, 3.05) is 13.2 Å². The minimum Gasteiger partial charge on any atom is -0.490 e. The maximum absolute atomic E-state index is 12.4. The van der Waals surface area contributed by atoms with Crippen molar-refractivity contribution in [3.05, 3.63) is 75.4 Å². The summed E-state index contributed by atoms with van der Waals surface area (Å²) in [5.41, 5.74) is 1.67. The van der Waals surface area contributed by atoms with E-state index in [0.717, 1.165) is 9.13 Å². The lowest BCUT2D eigenvalue weighted by Crippen LogP contribution is -2.23. The molecule has 0 bridgehead atoms. The van der Waals surface area contributed by atoms with Gasteiger partial charge in [0.2, 0.25) is 0 Å². The molecule has 0 saturated carbocycles. The number of halogens is 1. The van der Waals surface area contributed by atoms with Crippen LogP contribution in [0.1, 0.15) is 18.1 Å². The first-order valence-electron chi connectivity index (χ1n) is 8.73. The van der Waals surface area contributed by atoms with Crippen LogP contribution in [0.25, 0.3) is 6.08 Å². The summed E-state index contributed by atoms with van der Waals surface area (Å²) in [7, 11) is 0. The summed E-state index contributed by atoms with van der Waals surface area (Å²) in [6.45, 7) is 6.71. The number of nitrogens with zero attached hydrogens (tertiary/aromatic N) is 1. The van der Waals surface area contributed by atoms with Crippen molar-refractivity contribution in [3.63, 3.8) is 0 Å². The fourth-order valence-corrected chi connectivity index (χ4v) is 3.19. The van der Waals surface area contributed by atoms with E-state index < -0.39 is 5.91 Å². The van der Waals surface area contributed by atoms with Gasteiger partial charge in [-0.3, -0.25) is 4.79 Å². The second-order valence-electron chi connectivity index (χ2n) is 5.70. The lowest BCUT2D eigenvalue weighted by Gasteiger charge is -2.14. The van der Waals surface area contributed by atoms with Gasteiger partial charge in [-0.1, -0.05) is 43.0 Å². The predicted molar refractivity (Wildman–Crippen MR) is 118 cm³/mol. The lowest BCUT2D eigenvalue weighted by molar-refractivity contribution is -0.117. The molecule has 144 valence electrons. The zero-order valence-electron chi connectivity index (χ0n) is 15.6. The zero-order valence-corrected chi connectivity index (χ0v) is 17.7. The number of carbonyl (C=O) groups excluding carboxylic acids is 1. The molecule has 0 aliphatic rings. The van der Waals surface area contributed by atoms with Crippen molar-refractivity contribution in [3.8, 4) is 17.6 Å². The second-order valence-corrected chi connectivity index (χ2v) is 6.86. The number of hydrogen-bond donors (Lipinski definition) is 1. The molecule has 1 N–H and O–H groups in total. The molecular formula is C22H21IN2O3. The molecule has 6 heteroatoms. The third-order valence-electron chi connectivity index (χ3n) is 3.65. The lowest BCUT2D eigenvalue weighted by atomic mass is 10.1. The van der Waals surface area contributed by atoms with Gasteiger partial charge in [0.25, 0.3) is 5.91 Å². The van der Waals surface area contributed by atoms with E-state index in [1.54, 1.807) is 18.2 Å². The van der Waals surface area contributed by atoms with Crippen molar-refractivity contribution in [2.24, 2.45) is 0 Å². The van der Waals surface area contributed by atoms with Crippen molar-refractivity contribution < 1.29 is 14.3 Å². The normalized spacial score (nSPS) is 10.7. The Balaban J connectivity index is 2.23. The van der Waals surface area contributed by atoms with Crippen LogP contribution in [0.4, 0.5) is 0 Å². The molecule has 0 saturated heterocycles. The maximum atomic E-state index is 12.4. The van der Waals surface area contributed by atoms with Gasteiger partial charge in [0.15, 0.2) is 11.5 Å². The number of ether oxygens (including phenoxy) is 2. The highest BCUT2D eigenvalue weighted by Crippen LogP contribution is 2.35. The first kappa shape index (κ1) is 21.5. The molecule has 0 heterocycles. The maximum Gasteiger partial charge on any atom is 0.262 e. The summed E-state index contributed by atoms with van der Waals surface area (Å²) in [4.78, 5) is 12.4. The molecule has 0 atom stereocenters. The molecule has 0 aliphatic heterocycles. The van der Waals surface area contributed by atoms with Crippen LogP contribution in [0.2, 0.25) is 0 Å². The minimum atomic E-state index is -0.425. The largest absolute Gasteiger partial charge is 0.490 e. The topological polar surface area (TPSA) is 71.3 Å². The molecule has 2 aromatic rings. The number of carbonyl (C=O) groups is 1. The van der Waals surface area contributed by atoms with E-state index in [0.29, 0.717) is 36.8 Å². The molecule has 5 nitrogen and oxygen atoms in total. The van der Waals surface area contributed by atoms with Crippen LogP contribution in [0.15, 0.2) is 60.7 Å². The molecule has 2 rings (SSSR count). The fraction of sp³-hybridized carbons (Fsp3) is 0.182. The molecule has 28 heavy (non-hydrogen) atoms. The van der Waals surface area contributed by atoms with Crippen LogP contribution in [-0.2, 0) is 11.3 Å². The summed E-state index contributed by atoms with van der Waals surface area (Å²) < 4.78 is 12.2. The predicted octanol–water partition coefficient (Wildman–Crippen LogP) is 4.48. The van der Waals surface area contributed by atoms with E-state index >= 15 is 0 Å². The molecule has 0 fully saturated rings. The van der Waals surface area contributed by atoms with Gasteiger partial charge in [-0.15, -0.1) is 0 Å². The Morgan fingerprint density at radius 3 is 2.68 bits per heavy atom. The molecular weight excluding hydrogens is 467 g/mol. The first-order valence-corrected chi connectivity index (χ1v) is 9.80. The van der Waals surface area contributed by atoms with Crippen LogP contribution in [0.5, 0.6) is 11.5 Å². The van der Waals surface area contributed by atoms with E-state index in [1.165, 1.54) is 0 Å². The Bertz CT molecular complexity index is 902. The average Bonchev–Trinajstić information content (AvgIpc) is 2.70. The monoisotopic (exact) mass is 488 g/mol. The number of nitrogens with one attached hydrogen (secondary N) is 1. The summed E-state index contributed by atoms with van der Waals surface area (Å²) in [5, 5.41) is 12.2. The Morgan fingerprint density at radius 1 is 1.29 bits per heavy atom. The Morgan fingerprint density at radius 2 is 2.04 bits per heavy atom. The minimum absolute atomic E-state index is 0.0222. The zero-order chi connectivity index (χ0) is 20.4. The highest BCUT2D eigenvalue weighted by Gasteiger charge is 2.14. The number of hydrogen-bond acceptors (Lipinski definition) is 4. The molecule has 0 unspecified atom stereocenters. The van der Waals surface area contributed by atoms with Gasteiger partial charge in [-0.05, 0) is 58.9 Å². The Hall–Kier alpha value is -2.79. The first-order chi connectivity index (χ1) is 13.6. The van der Waals surface area contributed by atoms with Crippen molar-refractivity contribution in [1.29, 1.82) is 5.26 Å². The molecule has 2 aromatic carbocycles. The van der Waals surface area contributed by atoms with Crippen molar-refractivity contribution in [1.82, 2.24) is 5.32 Å². The van der Waals surface area contributed by atoms with E-state index in [4.69, 9.17) is 9.47 Å². The van der Waals surface area contributed by atoms with Crippen LogP contribution < -0.4 is 14.8 Å². The average molecular weight is 488 g/mol. The van der Waals surface area contributed by atoms with Crippen molar-refractivity contribution >= 4 is 34.6 Å². The molecule has 0 spiro atoms. The molecule has 0 aliphatic carbocycles. The molecule has 0 aromatic heterocycles. The highest BCUT2D eigenvalue weighted by molar-refractivity contribution is 14.1. The van der Waals surface area contributed by atoms with E-state index in [2.05, 4.69) is 34.5 Å². The SMILES string of the molecule is C=CCOc1c(I)cc(/C=C(\C#N)C(=O)NCc2ccccc2)cc1OCC. The van der Waals surface area contributed by atoms with Crippen LogP contribution in [0.3, 0.4) is 0 Å². The molecule has 1 amide bonds. The van der Waals surface area contributed by atoms with Crippen molar-refractivity contribution in [2.45, 2.75) is 13.5 Å². The number of amides is 1. The van der Waals surface area contributed by atoms with Gasteiger partial charge >= 0.3 is 0 Å². The van der Waals surface area contributed by atoms with E-state index in [-0.39, 0.29) is 5.57 Å². The summed E-state index contributed by atoms with van der Waals surface area (Å²) in [6, 6.07) is 15.1.